The van der Waals surface area contributed by atoms with E-state index in [2.05, 4.69) is 10.2 Å². The number of aromatic nitrogens is 3. The molecule has 0 spiro atoms. The third-order valence-corrected chi connectivity index (χ3v) is 4.55. The highest BCUT2D eigenvalue weighted by molar-refractivity contribution is 7.99. The van der Waals surface area contributed by atoms with Gasteiger partial charge in [-0.25, -0.2) is 0 Å². The number of carbonyl (C=O) groups excluding carboxylic acids is 1. The molecule has 1 saturated heterocycles. The maximum atomic E-state index is 12.1. The predicted octanol–water partition coefficient (Wildman–Crippen LogP) is 2.64. The van der Waals surface area contributed by atoms with E-state index in [4.69, 9.17) is 11.6 Å². The van der Waals surface area contributed by atoms with Crippen LogP contribution in [0.4, 0.5) is 0 Å². The Kier molecular flexibility index (Phi) is 4.45. The standard InChI is InChI=1S/C14H15ClN4OS/c15-11-4-3-5-12(8-11)19-10-16-17-14(19)21-9-13(20)18-6-1-2-7-18/h3-5,8,10H,1-2,6-7,9H2. The first-order valence-electron chi connectivity index (χ1n) is 6.80. The molecule has 1 aliphatic rings. The second kappa shape index (κ2) is 6.49. The largest absolute Gasteiger partial charge is 0.342 e. The monoisotopic (exact) mass is 322 g/mol. The van der Waals surface area contributed by atoms with Crippen LogP contribution in [0.2, 0.25) is 5.02 Å². The number of hydrogen-bond acceptors (Lipinski definition) is 4. The van der Waals surface area contributed by atoms with Crippen molar-refractivity contribution in [2.45, 2.75) is 18.0 Å². The van der Waals surface area contributed by atoms with Crippen molar-refractivity contribution in [2.75, 3.05) is 18.8 Å². The molecule has 110 valence electrons. The van der Waals surface area contributed by atoms with E-state index < -0.39 is 0 Å². The van der Waals surface area contributed by atoms with Crippen LogP contribution >= 0.6 is 23.4 Å². The topological polar surface area (TPSA) is 51.0 Å². The number of halogens is 1. The zero-order valence-electron chi connectivity index (χ0n) is 11.4. The Morgan fingerprint density at radius 2 is 2.14 bits per heavy atom. The number of hydrogen-bond donors (Lipinski definition) is 0. The third kappa shape index (κ3) is 3.39. The fourth-order valence-corrected chi connectivity index (χ4v) is 3.33. The van der Waals surface area contributed by atoms with E-state index in [9.17, 15) is 4.79 Å². The van der Waals surface area contributed by atoms with Gasteiger partial charge in [0.15, 0.2) is 5.16 Å². The molecule has 1 amide bonds. The van der Waals surface area contributed by atoms with Gasteiger partial charge in [0.1, 0.15) is 6.33 Å². The minimum atomic E-state index is 0.165. The zero-order chi connectivity index (χ0) is 14.7. The van der Waals surface area contributed by atoms with Gasteiger partial charge in [-0.2, -0.15) is 0 Å². The average Bonchev–Trinajstić information content (AvgIpc) is 3.16. The van der Waals surface area contributed by atoms with Crippen LogP contribution in [0.15, 0.2) is 35.7 Å². The van der Waals surface area contributed by atoms with Gasteiger partial charge < -0.3 is 4.90 Å². The molecule has 1 aliphatic heterocycles. The summed E-state index contributed by atoms with van der Waals surface area (Å²) < 4.78 is 1.84. The molecule has 0 radical (unpaired) electrons. The number of benzene rings is 1. The Bertz CT molecular complexity index is 639. The van der Waals surface area contributed by atoms with E-state index in [0.29, 0.717) is 15.9 Å². The van der Waals surface area contributed by atoms with Gasteiger partial charge in [-0.3, -0.25) is 9.36 Å². The summed E-state index contributed by atoms with van der Waals surface area (Å²) in [5.41, 5.74) is 0.892. The summed E-state index contributed by atoms with van der Waals surface area (Å²) in [5, 5.41) is 9.37. The van der Waals surface area contributed by atoms with E-state index in [-0.39, 0.29) is 5.91 Å². The Balaban J connectivity index is 1.69. The molecular formula is C14H15ClN4OS. The van der Waals surface area contributed by atoms with Crippen LogP contribution in [-0.2, 0) is 4.79 Å². The summed E-state index contributed by atoms with van der Waals surface area (Å²) in [6, 6.07) is 7.47. The second-order valence-corrected chi connectivity index (χ2v) is 6.22. The molecule has 3 rings (SSSR count). The molecule has 0 atom stereocenters. The lowest BCUT2D eigenvalue weighted by Crippen LogP contribution is -2.29. The van der Waals surface area contributed by atoms with Gasteiger partial charge in [0.2, 0.25) is 5.91 Å². The van der Waals surface area contributed by atoms with Crippen LogP contribution in [0.5, 0.6) is 0 Å². The molecule has 1 aromatic heterocycles. The molecule has 0 N–H and O–H groups in total. The van der Waals surface area contributed by atoms with Crippen molar-refractivity contribution in [3.05, 3.63) is 35.6 Å². The summed E-state index contributed by atoms with van der Waals surface area (Å²) in [7, 11) is 0. The summed E-state index contributed by atoms with van der Waals surface area (Å²) in [4.78, 5) is 14.0. The molecule has 2 heterocycles. The van der Waals surface area contributed by atoms with E-state index in [1.807, 2.05) is 33.7 Å². The number of thioether (sulfide) groups is 1. The lowest BCUT2D eigenvalue weighted by atomic mass is 10.3. The molecule has 1 aromatic carbocycles. The lowest BCUT2D eigenvalue weighted by molar-refractivity contribution is -0.127. The first-order valence-corrected chi connectivity index (χ1v) is 8.17. The molecule has 0 saturated carbocycles. The summed E-state index contributed by atoms with van der Waals surface area (Å²) >= 11 is 7.41. The molecule has 0 aliphatic carbocycles. The van der Waals surface area contributed by atoms with Crippen molar-refractivity contribution in [3.63, 3.8) is 0 Å². The molecule has 5 nitrogen and oxygen atoms in total. The van der Waals surface area contributed by atoms with E-state index >= 15 is 0 Å². The van der Waals surface area contributed by atoms with Gasteiger partial charge in [0, 0.05) is 18.1 Å². The second-order valence-electron chi connectivity index (χ2n) is 4.84. The van der Waals surface area contributed by atoms with E-state index in [1.165, 1.54) is 11.8 Å². The molecule has 0 unspecified atom stereocenters. The van der Waals surface area contributed by atoms with E-state index in [1.54, 1.807) is 6.33 Å². The number of amides is 1. The molecule has 0 bridgehead atoms. The molecule has 7 heteroatoms. The fourth-order valence-electron chi connectivity index (χ4n) is 2.31. The highest BCUT2D eigenvalue weighted by Gasteiger charge is 2.19. The number of rotatable bonds is 4. The summed E-state index contributed by atoms with van der Waals surface area (Å²) in [6.07, 6.45) is 3.85. The quantitative estimate of drug-likeness (QED) is 0.812. The van der Waals surface area contributed by atoms with Crippen molar-refractivity contribution < 1.29 is 4.79 Å². The van der Waals surface area contributed by atoms with Crippen LogP contribution in [0.1, 0.15) is 12.8 Å². The molecule has 1 fully saturated rings. The van der Waals surface area contributed by atoms with Gasteiger partial charge in [-0.1, -0.05) is 29.4 Å². The number of nitrogens with zero attached hydrogens (tertiary/aromatic N) is 4. The van der Waals surface area contributed by atoms with Crippen molar-refractivity contribution in [1.29, 1.82) is 0 Å². The van der Waals surface area contributed by atoms with Gasteiger partial charge in [-0.05, 0) is 31.0 Å². The Labute approximate surface area is 132 Å². The number of carbonyl (C=O) groups is 1. The van der Waals surface area contributed by atoms with Crippen LogP contribution < -0.4 is 0 Å². The predicted molar refractivity (Wildman–Crippen MR) is 82.9 cm³/mol. The minimum Gasteiger partial charge on any atom is -0.342 e. The van der Waals surface area contributed by atoms with Gasteiger partial charge in [0.05, 0.1) is 11.4 Å². The highest BCUT2D eigenvalue weighted by atomic mass is 35.5. The first-order chi connectivity index (χ1) is 10.2. The van der Waals surface area contributed by atoms with Crippen LogP contribution in [0.3, 0.4) is 0 Å². The van der Waals surface area contributed by atoms with Crippen LogP contribution in [0.25, 0.3) is 5.69 Å². The van der Waals surface area contributed by atoms with E-state index in [0.717, 1.165) is 31.6 Å². The highest BCUT2D eigenvalue weighted by Crippen LogP contribution is 2.22. The van der Waals surface area contributed by atoms with Crippen molar-refractivity contribution >= 4 is 29.3 Å². The first kappa shape index (κ1) is 14.4. The van der Waals surface area contributed by atoms with Crippen molar-refractivity contribution in [3.8, 4) is 5.69 Å². The van der Waals surface area contributed by atoms with Gasteiger partial charge in [-0.15, -0.1) is 10.2 Å². The van der Waals surface area contributed by atoms with Crippen LogP contribution in [0, 0.1) is 0 Å². The molecular weight excluding hydrogens is 308 g/mol. The molecule has 21 heavy (non-hydrogen) atoms. The van der Waals surface area contributed by atoms with Gasteiger partial charge >= 0.3 is 0 Å². The smallest absolute Gasteiger partial charge is 0.233 e. The van der Waals surface area contributed by atoms with Gasteiger partial charge in [0.25, 0.3) is 0 Å². The maximum absolute atomic E-state index is 12.1. The Hall–Kier alpha value is -1.53. The summed E-state index contributed by atoms with van der Waals surface area (Å²) in [6.45, 7) is 1.75. The maximum Gasteiger partial charge on any atom is 0.233 e. The normalized spacial score (nSPS) is 14.6. The minimum absolute atomic E-state index is 0.165. The number of likely N-dealkylation sites (tertiary alicyclic amines) is 1. The fraction of sp³-hybridized carbons (Fsp3) is 0.357. The SMILES string of the molecule is O=C(CSc1nncn1-c1cccc(Cl)c1)N1CCCC1. The Morgan fingerprint density at radius 1 is 1.33 bits per heavy atom. The Morgan fingerprint density at radius 3 is 2.90 bits per heavy atom. The van der Waals surface area contributed by atoms with Crippen LogP contribution in [-0.4, -0.2) is 44.4 Å². The summed E-state index contributed by atoms with van der Waals surface area (Å²) in [5.74, 6) is 0.553. The average molecular weight is 323 g/mol. The lowest BCUT2D eigenvalue weighted by Gasteiger charge is -2.14. The third-order valence-electron chi connectivity index (χ3n) is 3.39. The van der Waals surface area contributed by atoms with Crippen molar-refractivity contribution in [2.24, 2.45) is 0 Å². The van der Waals surface area contributed by atoms with Crippen molar-refractivity contribution in [1.82, 2.24) is 19.7 Å². The zero-order valence-corrected chi connectivity index (χ0v) is 13.0. The molecule has 2 aromatic rings.